The lowest BCUT2D eigenvalue weighted by molar-refractivity contribution is 0.581. The van der Waals surface area contributed by atoms with Gasteiger partial charge < -0.3 is 5.32 Å². The van der Waals surface area contributed by atoms with E-state index in [4.69, 9.17) is 0 Å². The third-order valence-electron chi connectivity index (χ3n) is 3.59. The zero-order chi connectivity index (χ0) is 13.9. The smallest absolute Gasteiger partial charge is 0.0705 e. The number of aryl methyl sites for hydroxylation is 1. The van der Waals surface area contributed by atoms with Crippen LogP contribution in [-0.4, -0.2) is 21.8 Å². The Labute approximate surface area is 118 Å². The second-order valence-electron chi connectivity index (χ2n) is 4.94. The van der Waals surface area contributed by atoms with Gasteiger partial charge in [-0.15, -0.1) is 0 Å². The van der Waals surface area contributed by atoms with Crippen LogP contribution >= 0.6 is 0 Å². The summed E-state index contributed by atoms with van der Waals surface area (Å²) in [6.45, 7) is 0. The van der Waals surface area contributed by atoms with E-state index in [1.165, 1.54) is 10.9 Å². The second kappa shape index (κ2) is 5.43. The van der Waals surface area contributed by atoms with Gasteiger partial charge in [0.2, 0.25) is 0 Å². The molecule has 0 spiro atoms. The van der Waals surface area contributed by atoms with Crippen molar-refractivity contribution in [3.05, 3.63) is 60.0 Å². The average Bonchev–Trinajstić information content (AvgIpc) is 2.89. The number of hydrogen-bond donors (Lipinski definition) is 1. The quantitative estimate of drug-likeness (QED) is 0.789. The topological polar surface area (TPSA) is 42.7 Å². The Morgan fingerprint density at radius 3 is 2.85 bits per heavy atom. The minimum atomic E-state index is 0.234. The molecule has 0 aliphatic heterocycles. The number of pyridine rings is 1. The highest BCUT2D eigenvalue weighted by molar-refractivity contribution is 5.82. The Morgan fingerprint density at radius 2 is 2.10 bits per heavy atom. The summed E-state index contributed by atoms with van der Waals surface area (Å²) in [4.78, 5) is 4.42. The molecule has 2 heterocycles. The van der Waals surface area contributed by atoms with Crippen molar-refractivity contribution in [2.75, 3.05) is 7.05 Å². The molecule has 0 aliphatic rings. The molecule has 0 amide bonds. The van der Waals surface area contributed by atoms with Gasteiger partial charge in [0.15, 0.2) is 0 Å². The highest BCUT2D eigenvalue weighted by Crippen LogP contribution is 2.25. The second-order valence-corrected chi connectivity index (χ2v) is 4.94. The van der Waals surface area contributed by atoms with Gasteiger partial charge in [0.1, 0.15) is 0 Å². The van der Waals surface area contributed by atoms with Crippen LogP contribution in [0.3, 0.4) is 0 Å². The summed E-state index contributed by atoms with van der Waals surface area (Å²) in [5.41, 5.74) is 3.39. The summed E-state index contributed by atoms with van der Waals surface area (Å²) in [7, 11) is 3.93. The fourth-order valence-electron chi connectivity index (χ4n) is 2.58. The highest BCUT2D eigenvalue weighted by atomic mass is 15.2. The van der Waals surface area contributed by atoms with Crippen LogP contribution in [-0.2, 0) is 13.5 Å². The van der Waals surface area contributed by atoms with Crippen LogP contribution in [0.15, 0.2) is 48.8 Å². The third kappa shape index (κ3) is 2.42. The molecule has 3 rings (SSSR count). The molecule has 20 heavy (non-hydrogen) atoms. The first-order valence-electron chi connectivity index (χ1n) is 6.77. The van der Waals surface area contributed by atoms with E-state index in [9.17, 15) is 0 Å². The average molecular weight is 266 g/mol. The number of benzene rings is 1. The first-order valence-corrected chi connectivity index (χ1v) is 6.77. The standard InChI is InChI=1S/C16H18N4/c1-17-16(11-12-8-10-20(2)19-12)14-5-3-7-15-13(14)6-4-9-18-15/h3-10,16-17H,11H2,1-2H3. The van der Waals surface area contributed by atoms with Gasteiger partial charge in [0, 0.05) is 37.3 Å². The zero-order valence-electron chi connectivity index (χ0n) is 11.7. The van der Waals surface area contributed by atoms with E-state index in [0.29, 0.717) is 0 Å². The third-order valence-corrected chi connectivity index (χ3v) is 3.59. The minimum absolute atomic E-state index is 0.234. The van der Waals surface area contributed by atoms with Crippen molar-refractivity contribution in [2.24, 2.45) is 7.05 Å². The fraction of sp³-hybridized carbons (Fsp3) is 0.250. The van der Waals surface area contributed by atoms with Gasteiger partial charge in [-0.25, -0.2) is 0 Å². The van der Waals surface area contributed by atoms with E-state index >= 15 is 0 Å². The van der Waals surface area contributed by atoms with Gasteiger partial charge in [-0.3, -0.25) is 9.67 Å². The summed E-state index contributed by atoms with van der Waals surface area (Å²) < 4.78 is 1.84. The van der Waals surface area contributed by atoms with Crippen LogP contribution in [0, 0.1) is 0 Å². The van der Waals surface area contributed by atoms with Crippen molar-refractivity contribution >= 4 is 10.9 Å². The van der Waals surface area contributed by atoms with Crippen LogP contribution in [0.5, 0.6) is 0 Å². The van der Waals surface area contributed by atoms with Crippen LogP contribution in [0.25, 0.3) is 10.9 Å². The van der Waals surface area contributed by atoms with Gasteiger partial charge in [0.25, 0.3) is 0 Å². The minimum Gasteiger partial charge on any atom is -0.313 e. The zero-order valence-corrected chi connectivity index (χ0v) is 11.7. The Kier molecular flexibility index (Phi) is 3.48. The molecule has 1 unspecified atom stereocenters. The molecule has 2 aromatic heterocycles. The number of nitrogens with zero attached hydrogens (tertiary/aromatic N) is 3. The molecule has 0 fully saturated rings. The van der Waals surface area contributed by atoms with Crippen molar-refractivity contribution in [2.45, 2.75) is 12.5 Å². The summed E-state index contributed by atoms with van der Waals surface area (Å²) >= 11 is 0. The van der Waals surface area contributed by atoms with E-state index in [1.807, 2.05) is 43.3 Å². The Hall–Kier alpha value is -2.20. The van der Waals surface area contributed by atoms with Gasteiger partial charge in [-0.1, -0.05) is 18.2 Å². The number of fused-ring (bicyclic) bond motifs is 1. The molecule has 1 aromatic carbocycles. The van der Waals surface area contributed by atoms with Crippen LogP contribution in [0.2, 0.25) is 0 Å². The number of hydrogen-bond acceptors (Lipinski definition) is 3. The van der Waals surface area contributed by atoms with Crippen LogP contribution in [0.1, 0.15) is 17.3 Å². The fourth-order valence-corrected chi connectivity index (χ4v) is 2.58. The lowest BCUT2D eigenvalue weighted by Gasteiger charge is -2.17. The lowest BCUT2D eigenvalue weighted by Crippen LogP contribution is -2.19. The number of aromatic nitrogens is 3. The van der Waals surface area contributed by atoms with Gasteiger partial charge in [0.05, 0.1) is 11.2 Å². The van der Waals surface area contributed by atoms with E-state index in [0.717, 1.165) is 17.6 Å². The Bertz CT molecular complexity index is 712. The molecule has 0 saturated carbocycles. The first kappa shape index (κ1) is 12.8. The monoisotopic (exact) mass is 266 g/mol. The molecule has 0 saturated heterocycles. The SMILES string of the molecule is CNC(Cc1ccn(C)n1)c1cccc2ncccc12. The molecule has 0 aliphatic carbocycles. The van der Waals surface area contributed by atoms with Crippen molar-refractivity contribution < 1.29 is 0 Å². The van der Waals surface area contributed by atoms with E-state index < -0.39 is 0 Å². The molecular formula is C16H18N4. The predicted octanol–water partition coefficient (Wildman–Crippen LogP) is 2.47. The van der Waals surface area contributed by atoms with Crippen molar-refractivity contribution in [1.82, 2.24) is 20.1 Å². The van der Waals surface area contributed by atoms with Crippen molar-refractivity contribution in [1.29, 1.82) is 0 Å². The molecule has 1 atom stereocenters. The number of likely N-dealkylation sites (N-methyl/N-ethyl adjacent to an activating group) is 1. The molecule has 4 heteroatoms. The number of nitrogens with one attached hydrogen (secondary N) is 1. The molecular weight excluding hydrogens is 248 g/mol. The largest absolute Gasteiger partial charge is 0.313 e. The molecule has 0 radical (unpaired) electrons. The highest BCUT2D eigenvalue weighted by Gasteiger charge is 2.14. The van der Waals surface area contributed by atoms with E-state index in [-0.39, 0.29) is 6.04 Å². The summed E-state index contributed by atoms with van der Waals surface area (Å²) in [6, 6.07) is 12.7. The summed E-state index contributed by atoms with van der Waals surface area (Å²) in [6.07, 6.45) is 4.68. The molecule has 4 nitrogen and oxygen atoms in total. The van der Waals surface area contributed by atoms with E-state index in [1.54, 1.807) is 0 Å². The van der Waals surface area contributed by atoms with Gasteiger partial charge >= 0.3 is 0 Å². The lowest BCUT2D eigenvalue weighted by atomic mass is 9.98. The summed E-state index contributed by atoms with van der Waals surface area (Å²) in [5.74, 6) is 0. The van der Waals surface area contributed by atoms with Crippen LogP contribution in [0.4, 0.5) is 0 Å². The molecule has 102 valence electrons. The van der Waals surface area contributed by atoms with Crippen molar-refractivity contribution in [3.8, 4) is 0 Å². The number of rotatable bonds is 4. The predicted molar refractivity (Wildman–Crippen MR) is 80.5 cm³/mol. The maximum atomic E-state index is 4.47. The van der Waals surface area contributed by atoms with Gasteiger partial charge in [-0.2, -0.15) is 5.10 Å². The normalized spacial score (nSPS) is 12.7. The molecule has 1 N–H and O–H groups in total. The van der Waals surface area contributed by atoms with Crippen LogP contribution < -0.4 is 5.32 Å². The maximum Gasteiger partial charge on any atom is 0.0705 e. The Balaban J connectivity index is 1.98. The van der Waals surface area contributed by atoms with Gasteiger partial charge in [-0.05, 0) is 30.8 Å². The maximum absolute atomic E-state index is 4.47. The summed E-state index contributed by atoms with van der Waals surface area (Å²) in [5, 5.41) is 9.06. The molecule has 3 aromatic rings. The first-order chi connectivity index (χ1) is 9.78. The van der Waals surface area contributed by atoms with E-state index in [2.05, 4.69) is 39.7 Å². The van der Waals surface area contributed by atoms with Crippen molar-refractivity contribution in [3.63, 3.8) is 0 Å². The Morgan fingerprint density at radius 1 is 1.20 bits per heavy atom. The molecule has 0 bridgehead atoms.